The van der Waals surface area contributed by atoms with Gasteiger partial charge in [-0.25, -0.2) is 9.59 Å². The van der Waals surface area contributed by atoms with Crippen LogP contribution in [0.4, 0.5) is 4.79 Å². The van der Waals surface area contributed by atoms with Crippen LogP contribution in [-0.2, 0) is 9.59 Å². The van der Waals surface area contributed by atoms with Crippen molar-refractivity contribution in [3.63, 3.8) is 0 Å². The van der Waals surface area contributed by atoms with Gasteiger partial charge in [-0.1, -0.05) is 0 Å². The Bertz CT molecular complexity index is 345. The van der Waals surface area contributed by atoms with Crippen molar-refractivity contribution in [1.29, 1.82) is 0 Å². The molecular weight excluding hydrogens is 244 g/mol. The smallest absolute Gasteiger partial charge is 0.326 e. The van der Waals surface area contributed by atoms with Gasteiger partial charge in [0.15, 0.2) is 0 Å². The van der Waals surface area contributed by atoms with E-state index in [0.29, 0.717) is 13.0 Å². The molecule has 2 unspecified atom stereocenters. The number of aliphatic carboxylic acids is 2. The maximum absolute atomic E-state index is 11.8. The Hall–Kier alpha value is -1.83. The summed E-state index contributed by atoms with van der Waals surface area (Å²) in [5.41, 5.74) is 0. The molecule has 0 aromatic carbocycles. The number of aliphatic hydroxyl groups excluding tert-OH is 1. The summed E-state index contributed by atoms with van der Waals surface area (Å²) in [5, 5.41) is 28.5. The zero-order valence-electron chi connectivity index (χ0n) is 9.70. The third-order valence-corrected chi connectivity index (χ3v) is 2.82. The Morgan fingerprint density at radius 2 is 2.00 bits per heavy atom. The van der Waals surface area contributed by atoms with Crippen LogP contribution >= 0.6 is 0 Å². The highest BCUT2D eigenvalue weighted by atomic mass is 16.4. The number of carbonyl (C=O) groups is 3. The lowest BCUT2D eigenvalue weighted by atomic mass is 10.2. The van der Waals surface area contributed by atoms with Gasteiger partial charge in [0, 0.05) is 6.54 Å². The van der Waals surface area contributed by atoms with Crippen molar-refractivity contribution in [1.82, 2.24) is 10.2 Å². The lowest BCUT2D eigenvalue weighted by Gasteiger charge is -2.25. The van der Waals surface area contributed by atoms with Crippen molar-refractivity contribution in [2.75, 3.05) is 13.2 Å². The molecule has 1 saturated heterocycles. The molecule has 1 rings (SSSR count). The fourth-order valence-corrected chi connectivity index (χ4v) is 1.90. The number of hydrogen-bond acceptors (Lipinski definition) is 4. The third-order valence-electron chi connectivity index (χ3n) is 2.82. The zero-order chi connectivity index (χ0) is 13.7. The number of hydrogen-bond donors (Lipinski definition) is 4. The predicted octanol–water partition coefficient (Wildman–Crippen LogP) is -0.919. The molecule has 0 bridgehead atoms. The van der Waals surface area contributed by atoms with Gasteiger partial charge in [0.2, 0.25) is 0 Å². The van der Waals surface area contributed by atoms with Gasteiger partial charge < -0.3 is 25.5 Å². The molecule has 0 radical (unpaired) electrons. The van der Waals surface area contributed by atoms with E-state index in [4.69, 9.17) is 15.3 Å². The summed E-state index contributed by atoms with van der Waals surface area (Å²) in [7, 11) is 0. The largest absolute Gasteiger partial charge is 0.481 e. The first-order valence-corrected chi connectivity index (χ1v) is 5.58. The number of amides is 2. The second-order valence-electron chi connectivity index (χ2n) is 4.11. The standard InChI is InChI=1S/C10H16N2O6/c13-5-6-2-1-3-12(6)10(18)11-7(9(16)17)4-8(14)15/h6-7,13H,1-5H2,(H,11,18)(H,14,15)(H,16,17). The molecule has 2 amide bonds. The first-order valence-electron chi connectivity index (χ1n) is 5.58. The molecule has 8 heteroatoms. The molecule has 8 nitrogen and oxygen atoms in total. The third kappa shape index (κ3) is 3.59. The Balaban J connectivity index is 2.60. The van der Waals surface area contributed by atoms with Crippen molar-refractivity contribution in [2.45, 2.75) is 31.3 Å². The molecule has 0 saturated carbocycles. The Kier molecular flexibility index (Phi) is 4.90. The minimum Gasteiger partial charge on any atom is -0.481 e. The SMILES string of the molecule is O=C(O)CC(NC(=O)N1CCCC1CO)C(=O)O. The van der Waals surface area contributed by atoms with Crippen LogP contribution in [0.1, 0.15) is 19.3 Å². The van der Waals surface area contributed by atoms with E-state index in [2.05, 4.69) is 5.32 Å². The second-order valence-corrected chi connectivity index (χ2v) is 4.11. The average Bonchev–Trinajstić information content (AvgIpc) is 2.75. The van der Waals surface area contributed by atoms with Crippen LogP contribution in [0.25, 0.3) is 0 Å². The van der Waals surface area contributed by atoms with Crippen LogP contribution in [0, 0.1) is 0 Å². The normalized spacial score (nSPS) is 20.5. The molecule has 0 aromatic heterocycles. The molecule has 0 aromatic rings. The summed E-state index contributed by atoms with van der Waals surface area (Å²) in [4.78, 5) is 34.3. The first-order chi connectivity index (χ1) is 8.45. The molecule has 18 heavy (non-hydrogen) atoms. The number of nitrogens with one attached hydrogen (secondary N) is 1. The van der Waals surface area contributed by atoms with E-state index >= 15 is 0 Å². The van der Waals surface area contributed by atoms with E-state index in [1.165, 1.54) is 4.90 Å². The lowest BCUT2D eigenvalue weighted by Crippen LogP contribution is -2.50. The molecule has 1 heterocycles. The van der Waals surface area contributed by atoms with E-state index < -0.39 is 30.4 Å². The molecule has 4 N–H and O–H groups in total. The van der Waals surface area contributed by atoms with Crippen LogP contribution in [0.15, 0.2) is 0 Å². The molecule has 1 aliphatic heterocycles. The number of carbonyl (C=O) groups excluding carboxylic acids is 1. The van der Waals surface area contributed by atoms with E-state index in [1.54, 1.807) is 0 Å². The quantitative estimate of drug-likeness (QED) is 0.506. The number of carboxylic acid groups (broad SMARTS) is 2. The fourth-order valence-electron chi connectivity index (χ4n) is 1.90. The number of likely N-dealkylation sites (tertiary alicyclic amines) is 1. The van der Waals surface area contributed by atoms with Crippen LogP contribution < -0.4 is 5.32 Å². The molecule has 0 aliphatic carbocycles. The Labute approximate surface area is 103 Å². The van der Waals surface area contributed by atoms with Gasteiger partial charge in [-0.15, -0.1) is 0 Å². The monoisotopic (exact) mass is 260 g/mol. The lowest BCUT2D eigenvalue weighted by molar-refractivity contribution is -0.145. The van der Waals surface area contributed by atoms with Crippen LogP contribution in [0.3, 0.4) is 0 Å². The Morgan fingerprint density at radius 3 is 2.50 bits per heavy atom. The summed E-state index contributed by atoms with van der Waals surface area (Å²) < 4.78 is 0. The summed E-state index contributed by atoms with van der Waals surface area (Å²) in [5.74, 6) is -2.70. The molecular formula is C10H16N2O6. The maximum atomic E-state index is 11.8. The summed E-state index contributed by atoms with van der Waals surface area (Å²) in [6.45, 7) is 0.237. The number of rotatable bonds is 5. The van der Waals surface area contributed by atoms with Crippen molar-refractivity contribution in [3.05, 3.63) is 0 Å². The Morgan fingerprint density at radius 1 is 1.33 bits per heavy atom. The van der Waals surface area contributed by atoms with Gasteiger partial charge in [0.25, 0.3) is 0 Å². The van der Waals surface area contributed by atoms with Crippen molar-refractivity contribution < 1.29 is 29.7 Å². The van der Waals surface area contributed by atoms with E-state index in [9.17, 15) is 14.4 Å². The summed E-state index contributed by atoms with van der Waals surface area (Å²) in [6, 6.07) is -2.44. The number of urea groups is 1. The molecule has 1 aliphatic rings. The van der Waals surface area contributed by atoms with Gasteiger partial charge in [0.05, 0.1) is 19.1 Å². The second kappa shape index (κ2) is 6.20. The van der Waals surface area contributed by atoms with Gasteiger partial charge in [-0.05, 0) is 12.8 Å². The van der Waals surface area contributed by atoms with Gasteiger partial charge in [-0.2, -0.15) is 0 Å². The summed E-state index contributed by atoms with van der Waals surface area (Å²) >= 11 is 0. The van der Waals surface area contributed by atoms with Crippen LogP contribution in [-0.4, -0.2) is 63.4 Å². The van der Waals surface area contributed by atoms with Gasteiger partial charge in [-0.3, -0.25) is 4.79 Å². The summed E-state index contributed by atoms with van der Waals surface area (Å²) in [6.07, 6.45) is 0.703. The van der Waals surface area contributed by atoms with E-state index in [1.807, 2.05) is 0 Å². The van der Waals surface area contributed by atoms with E-state index in [-0.39, 0.29) is 12.6 Å². The molecule has 2 atom stereocenters. The van der Waals surface area contributed by atoms with Gasteiger partial charge in [0.1, 0.15) is 6.04 Å². The van der Waals surface area contributed by atoms with Crippen molar-refractivity contribution in [2.24, 2.45) is 0 Å². The predicted molar refractivity (Wildman–Crippen MR) is 59.0 cm³/mol. The molecule has 0 spiro atoms. The minimum atomic E-state index is -1.46. The highest BCUT2D eigenvalue weighted by molar-refractivity contribution is 5.86. The minimum absolute atomic E-state index is 0.190. The highest BCUT2D eigenvalue weighted by Crippen LogP contribution is 2.16. The number of aliphatic hydroxyl groups is 1. The van der Waals surface area contributed by atoms with Crippen molar-refractivity contribution >= 4 is 18.0 Å². The molecule has 102 valence electrons. The first kappa shape index (κ1) is 14.2. The highest BCUT2D eigenvalue weighted by Gasteiger charge is 2.31. The van der Waals surface area contributed by atoms with E-state index in [0.717, 1.165) is 6.42 Å². The zero-order valence-corrected chi connectivity index (χ0v) is 9.70. The van der Waals surface area contributed by atoms with Crippen LogP contribution in [0.5, 0.6) is 0 Å². The maximum Gasteiger partial charge on any atom is 0.326 e. The fraction of sp³-hybridized carbons (Fsp3) is 0.700. The number of carboxylic acids is 2. The average molecular weight is 260 g/mol. The number of nitrogens with zero attached hydrogens (tertiary/aromatic N) is 1. The van der Waals surface area contributed by atoms with Crippen molar-refractivity contribution in [3.8, 4) is 0 Å². The van der Waals surface area contributed by atoms with Gasteiger partial charge >= 0.3 is 18.0 Å². The molecule has 1 fully saturated rings. The topological polar surface area (TPSA) is 127 Å². The van der Waals surface area contributed by atoms with Crippen LogP contribution in [0.2, 0.25) is 0 Å².